The van der Waals surface area contributed by atoms with E-state index in [0.717, 1.165) is 31.6 Å². The van der Waals surface area contributed by atoms with Gasteiger partial charge in [-0.3, -0.25) is 4.79 Å². The maximum atomic E-state index is 13.8. The van der Waals surface area contributed by atoms with Gasteiger partial charge in [-0.2, -0.15) is 31.4 Å². The van der Waals surface area contributed by atoms with E-state index >= 15 is 0 Å². The van der Waals surface area contributed by atoms with E-state index in [1.807, 2.05) is 5.32 Å². The predicted molar refractivity (Wildman–Crippen MR) is 150 cm³/mol. The zero-order chi connectivity index (χ0) is 33.8. The van der Waals surface area contributed by atoms with E-state index in [1.54, 1.807) is 0 Å². The fourth-order valence-corrected chi connectivity index (χ4v) is 5.31. The van der Waals surface area contributed by atoms with E-state index in [0.29, 0.717) is 5.69 Å². The quantitative estimate of drug-likeness (QED) is 0.230. The minimum Gasteiger partial charge on any atom is -0.382 e. The summed E-state index contributed by atoms with van der Waals surface area (Å²) in [5.41, 5.74) is -1.91. The molecule has 13 nitrogen and oxygen atoms in total. The molecular formula is C25H30B2F6N8O5. The van der Waals surface area contributed by atoms with Crippen LogP contribution >= 0.6 is 0 Å². The van der Waals surface area contributed by atoms with Gasteiger partial charge in [-0.05, 0) is 37.9 Å². The van der Waals surface area contributed by atoms with Crippen molar-refractivity contribution in [2.75, 3.05) is 20.3 Å². The van der Waals surface area contributed by atoms with E-state index in [2.05, 4.69) is 25.7 Å². The zero-order valence-electron chi connectivity index (χ0n) is 25.4. The summed E-state index contributed by atoms with van der Waals surface area (Å²) in [4.78, 5) is 31.5. The first-order chi connectivity index (χ1) is 21.3. The van der Waals surface area contributed by atoms with Crippen LogP contribution in [0.15, 0.2) is 23.1 Å². The molecule has 21 heteroatoms. The van der Waals surface area contributed by atoms with Gasteiger partial charge in [0.15, 0.2) is 16.9 Å². The Balaban J connectivity index is 1.47. The highest BCUT2D eigenvalue weighted by atomic mass is 19.4. The largest absolute Gasteiger partial charge is 0.416 e. The van der Waals surface area contributed by atoms with Crippen LogP contribution in [0.4, 0.5) is 31.1 Å². The summed E-state index contributed by atoms with van der Waals surface area (Å²) in [6.07, 6.45) is -5.24. The Kier molecular flexibility index (Phi) is 8.54. The fraction of sp³-hybridized carbons (Fsp3) is 0.600. The highest BCUT2D eigenvalue weighted by Crippen LogP contribution is 2.41. The first-order valence-corrected chi connectivity index (χ1v) is 14.2. The standard InChI is InChI=1S/C25H30B2F6N8O5/c1-22(2,25(31,32)33)45-9-14(36-19(42)18-17(11-4-5-11)38-46-39-18)13-8-40-16(35-13)6-12(7-34-40)15(10-44-3)41-21(43)37-20(23(41,26)27)24(28,29)30/h6-8,11,14-15,20H,4-5,9-10,26-27H2,1-3H3,(H,36,42)(H,37,43)/t14-,15+,20?/m0/s1. The molecule has 3 amide bonds. The maximum Gasteiger partial charge on any atom is 0.416 e. The molecule has 1 unspecified atom stereocenters. The number of fused-ring (bicyclic) bond motifs is 1. The number of nitrogens with zero attached hydrogens (tertiary/aromatic N) is 6. The van der Waals surface area contributed by atoms with Gasteiger partial charge < -0.3 is 25.0 Å². The molecule has 2 fully saturated rings. The second kappa shape index (κ2) is 11.7. The highest BCUT2D eigenvalue weighted by molar-refractivity contribution is 6.42. The van der Waals surface area contributed by atoms with Gasteiger partial charge >= 0.3 is 18.4 Å². The minimum atomic E-state index is -4.73. The Bertz CT molecular complexity index is 1610. The molecule has 2 aliphatic rings. The van der Waals surface area contributed by atoms with Crippen LogP contribution in [-0.2, 0) is 9.47 Å². The summed E-state index contributed by atoms with van der Waals surface area (Å²) in [5, 5.41) is 14.6. The lowest BCUT2D eigenvalue weighted by atomic mass is 9.56. The van der Waals surface area contributed by atoms with Crippen molar-refractivity contribution in [1.82, 2.24) is 40.4 Å². The number of aromatic nitrogens is 5. The van der Waals surface area contributed by atoms with Crippen LogP contribution in [0.3, 0.4) is 0 Å². The number of urea groups is 1. The Morgan fingerprint density at radius 3 is 2.48 bits per heavy atom. The van der Waals surface area contributed by atoms with Gasteiger partial charge in [-0.25, -0.2) is 18.9 Å². The van der Waals surface area contributed by atoms with Gasteiger partial charge in [0.05, 0.1) is 43.4 Å². The Hall–Kier alpha value is -3.87. The number of hydrogen-bond acceptors (Lipinski definition) is 9. The molecule has 3 atom stereocenters. The number of methoxy groups -OCH3 is 1. The number of carbonyl (C=O) groups excluding carboxylic acids is 2. The highest BCUT2D eigenvalue weighted by Gasteiger charge is 2.59. The second-order valence-corrected chi connectivity index (χ2v) is 12.3. The van der Waals surface area contributed by atoms with E-state index < -0.39 is 60.0 Å². The average Bonchev–Trinajstić information content (AvgIpc) is 3.40. The molecular weight excluding hydrogens is 628 g/mol. The van der Waals surface area contributed by atoms with Gasteiger partial charge in [0.2, 0.25) is 0 Å². The topological polar surface area (TPSA) is 149 Å². The van der Waals surface area contributed by atoms with E-state index in [-0.39, 0.29) is 35.1 Å². The van der Waals surface area contributed by atoms with Crippen LogP contribution in [0.1, 0.15) is 72.1 Å². The molecule has 0 spiro atoms. The molecule has 1 saturated heterocycles. The molecule has 5 rings (SSSR count). The molecule has 0 bridgehead atoms. The monoisotopic (exact) mass is 658 g/mol. The Morgan fingerprint density at radius 2 is 1.89 bits per heavy atom. The number of imidazole rings is 1. The number of hydrogen-bond donors (Lipinski definition) is 2. The van der Waals surface area contributed by atoms with Crippen LogP contribution < -0.4 is 10.6 Å². The number of amides is 3. The number of halogens is 6. The molecule has 1 saturated carbocycles. The van der Waals surface area contributed by atoms with Gasteiger partial charge in [-0.1, -0.05) is 5.16 Å². The molecule has 2 N–H and O–H groups in total. The van der Waals surface area contributed by atoms with Crippen LogP contribution in [0.25, 0.3) is 5.65 Å². The second-order valence-electron chi connectivity index (χ2n) is 12.3. The van der Waals surface area contributed by atoms with E-state index in [4.69, 9.17) is 14.1 Å². The number of nitrogens with one attached hydrogen (secondary N) is 2. The maximum absolute atomic E-state index is 13.8. The van der Waals surface area contributed by atoms with Crippen molar-refractivity contribution in [1.29, 1.82) is 0 Å². The van der Waals surface area contributed by atoms with Crippen molar-refractivity contribution in [3.8, 4) is 0 Å². The van der Waals surface area contributed by atoms with Crippen molar-refractivity contribution in [2.24, 2.45) is 0 Å². The summed E-state index contributed by atoms with van der Waals surface area (Å²) >= 11 is 0. The third-order valence-corrected chi connectivity index (χ3v) is 8.17. The molecule has 1 aliphatic carbocycles. The lowest BCUT2D eigenvalue weighted by Gasteiger charge is -2.40. The summed E-state index contributed by atoms with van der Waals surface area (Å²) in [7, 11) is 3.88. The molecule has 248 valence electrons. The Morgan fingerprint density at radius 1 is 1.20 bits per heavy atom. The lowest BCUT2D eigenvalue weighted by Crippen LogP contribution is -2.59. The van der Waals surface area contributed by atoms with Gasteiger partial charge in [0.25, 0.3) is 5.91 Å². The van der Waals surface area contributed by atoms with Crippen LogP contribution in [-0.4, -0.2) is 107 Å². The molecule has 3 aromatic rings. The number of carbonyl (C=O) groups is 2. The first kappa shape index (κ1) is 33.5. The van der Waals surface area contributed by atoms with Crippen molar-refractivity contribution < 1.29 is 50.0 Å². The molecule has 0 radical (unpaired) electrons. The molecule has 4 heterocycles. The summed E-state index contributed by atoms with van der Waals surface area (Å²) in [6.45, 7) is 0.823. The van der Waals surface area contributed by atoms with Gasteiger partial charge in [0, 0.05) is 23.9 Å². The van der Waals surface area contributed by atoms with Crippen molar-refractivity contribution in [3.05, 3.63) is 41.1 Å². The van der Waals surface area contributed by atoms with E-state index in [1.165, 1.54) is 45.8 Å². The van der Waals surface area contributed by atoms with Gasteiger partial charge in [0.1, 0.15) is 27.4 Å². The molecule has 0 aromatic carbocycles. The number of alkyl halides is 6. The SMILES string of the molecule is BC1(B)C(C(F)(F)F)NC(=O)N1[C@H](COC)c1cnn2cc([C@H](COC(C)(C)C(F)(F)F)NC(=O)c3nonc3C3CC3)nc2c1. The fourth-order valence-electron chi connectivity index (χ4n) is 5.31. The average molecular weight is 658 g/mol. The van der Waals surface area contributed by atoms with E-state index in [9.17, 15) is 35.9 Å². The van der Waals surface area contributed by atoms with Crippen LogP contribution in [0.5, 0.6) is 0 Å². The predicted octanol–water partition coefficient (Wildman–Crippen LogP) is 1.38. The minimum absolute atomic E-state index is 0.0159. The number of rotatable bonds is 11. The summed E-state index contributed by atoms with van der Waals surface area (Å²) in [5.74, 6) is -0.785. The molecule has 46 heavy (non-hydrogen) atoms. The van der Waals surface area contributed by atoms with Crippen molar-refractivity contribution >= 4 is 33.3 Å². The first-order valence-electron chi connectivity index (χ1n) is 14.2. The summed E-state index contributed by atoms with van der Waals surface area (Å²) < 4.78 is 98.6. The van der Waals surface area contributed by atoms with Crippen LogP contribution in [0, 0.1) is 0 Å². The van der Waals surface area contributed by atoms with Crippen LogP contribution in [0.2, 0.25) is 0 Å². The van der Waals surface area contributed by atoms with Gasteiger partial charge in [-0.15, -0.1) is 0 Å². The summed E-state index contributed by atoms with van der Waals surface area (Å²) in [6, 6.07) is -3.94. The van der Waals surface area contributed by atoms with Crippen molar-refractivity contribution in [2.45, 2.75) is 74.0 Å². The normalized spacial score (nSPS) is 20.2. The smallest absolute Gasteiger partial charge is 0.382 e. The third kappa shape index (κ3) is 6.38. The Labute approximate surface area is 259 Å². The third-order valence-electron chi connectivity index (χ3n) is 8.17. The lowest BCUT2D eigenvalue weighted by molar-refractivity contribution is -0.265. The zero-order valence-corrected chi connectivity index (χ0v) is 25.4. The van der Waals surface area contributed by atoms with Crippen molar-refractivity contribution in [3.63, 3.8) is 0 Å². The molecule has 1 aliphatic heterocycles. The number of ether oxygens (including phenoxy) is 2. The molecule has 3 aromatic heterocycles.